The van der Waals surface area contributed by atoms with E-state index in [1.165, 1.54) is 19.3 Å². The molecule has 0 aliphatic carbocycles. The van der Waals surface area contributed by atoms with E-state index in [-0.39, 0.29) is 5.56 Å². The van der Waals surface area contributed by atoms with Crippen LogP contribution in [-0.4, -0.2) is 39.9 Å². The Labute approximate surface area is 158 Å². The lowest BCUT2D eigenvalue weighted by Gasteiger charge is -2.31. The Morgan fingerprint density at radius 1 is 1.26 bits per heavy atom. The summed E-state index contributed by atoms with van der Waals surface area (Å²) in [5.41, 5.74) is 1.68. The van der Waals surface area contributed by atoms with Crippen LogP contribution in [0.15, 0.2) is 47.5 Å². The van der Waals surface area contributed by atoms with Crippen molar-refractivity contribution in [3.63, 3.8) is 0 Å². The van der Waals surface area contributed by atoms with Gasteiger partial charge in [0, 0.05) is 41.9 Å². The van der Waals surface area contributed by atoms with E-state index >= 15 is 0 Å². The van der Waals surface area contributed by atoms with Gasteiger partial charge in [0.25, 0.3) is 5.56 Å². The molecule has 0 unspecified atom stereocenters. The molecule has 27 heavy (non-hydrogen) atoms. The molecule has 2 aromatic heterocycles. The predicted octanol–water partition coefficient (Wildman–Crippen LogP) is 3.04. The third-order valence-corrected chi connectivity index (χ3v) is 5.56. The number of nitrogens with one attached hydrogen (secondary N) is 1. The molecule has 0 bridgehead atoms. The van der Waals surface area contributed by atoms with Crippen molar-refractivity contribution in [2.24, 2.45) is 5.92 Å². The Balaban J connectivity index is 1.37. The zero-order chi connectivity index (χ0) is 18.6. The second-order valence-corrected chi connectivity index (χ2v) is 7.35. The summed E-state index contributed by atoms with van der Waals surface area (Å²) in [5, 5.41) is 5.29. The molecule has 6 heteroatoms. The van der Waals surface area contributed by atoms with Crippen molar-refractivity contribution in [3.05, 3.63) is 58.6 Å². The highest BCUT2D eigenvalue weighted by molar-refractivity contribution is 5.80. The van der Waals surface area contributed by atoms with E-state index in [0.29, 0.717) is 6.54 Å². The number of methoxy groups -OCH3 is 1. The molecule has 1 N–H and O–H groups in total. The number of ether oxygens (including phenoxy) is 1. The molecule has 1 aromatic carbocycles. The Kier molecular flexibility index (Phi) is 5.25. The maximum Gasteiger partial charge on any atom is 0.252 e. The van der Waals surface area contributed by atoms with E-state index < -0.39 is 0 Å². The number of pyridine rings is 1. The van der Waals surface area contributed by atoms with Crippen molar-refractivity contribution < 1.29 is 4.74 Å². The number of aryl methyl sites for hydroxylation is 1. The number of nitrogens with zero attached hydrogens (tertiary/aromatic N) is 3. The average Bonchev–Trinajstić information content (AvgIpc) is 3.21. The third kappa shape index (κ3) is 4.22. The van der Waals surface area contributed by atoms with E-state index in [0.717, 1.165) is 47.8 Å². The van der Waals surface area contributed by atoms with E-state index in [9.17, 15) is 4.79 Å². The zero-order valence-electron chi connectivity index (χ0n) is 15.7. The van der Waals surface area contributed by atoms with Crippen LogP contribution in [0.5, 0.6) is 5.75 Å². The van der Waals surface area contributed by atoms with Gasteiger partial charge < -0.3 is 9.72 Å². The van der Waals surface area contributed by atoms with Crippen molar-refractivity contribution in [3.8, 4) is 5.75 Å². The van der Waals surface area contributed by atoms with Gasteiger partial charge >= 0.3 is 0 Å². The van der Waals surface area contributed by atoms with Crippen molar-refractivity contribution in [2.45, 2.75) is 32.4 Å². The number of piperidine rings is 1. The number of hydrogen-bond donors (Lipinski definition) is 1. The largest absolute Gasteiger partial charge is 0.497 e. The third-order valence-electron chi connectivity index (χ3n) is 5.56. The number of rotatable bonds is 6. The van der Waals surface area contributed by atoms with Crippen molar-refractivity contribution in [1.82, 2.24) is 19.7 Å². The number of aromatic nitrogens is 3. The standard InChI is InChI=1S/C21H26N4O2/c1-27-19-3-4-20-17(14-19)13-18(21(26)23-20)15-24-10-5-16(6-11-24)7-12-25-9-2-8-22-25/h2-4,8-9,13-14,16H,5-7,10-12,15H2,1H3,(H,23,26). The fourth-order valence-electron chi connectivity index (χ4n) is 3.90. The van der Waals surface area contributed by atoms with Crippen LogP contribution < -0.4 is 10.3 Å². The second kappa shape index (κ2) is 7.96. The van der Waals surface area contributed by atoms with E-state index in [1.54, 1.807) is 7.11 Å². The first kappa shape index (κ1) is 17.8. The fourth-order valence-corrected chi connectivity index (χ4v) is 3.90. The first-order chi connectivity index (χ1) is 13.2. The van der Waals surface area contributed by atoms with Gasteiger partial charge in [-0.2, -0.15) is 5.10 Å². The molecular formula is C21H26N4O2. The minimum Gasteiger partial charge on any atom is -0.497 e. The van der Waals surface area contributed by atoms with Gasteiger partial charge in [0.2, 0.25) is 0 Å². The predicted molar refractivity (Wildman–Crippen MR) is 106 cm³/mol. The number of benzene rings is 1. The van der Waals surface area contributed by atoms with E-state index in [1.807, 2.05) is 47.4 Å². The SMILES string of the molecule is COc1ccc2[nH]c(=O)c(CN3CCC(CCn4cccn4)CC3)cc2c1. The molecule has 1 aliphatic rings. The van der Waals surface area contributed by atoms with Gasteiger partial charge in [-0.3, -0.25) is 14.4 Å². The lowest BCUT2D eigenvalue weighted by atomic mass is 9.93. The highest BCUT2D eigenvalue weighted by Crippen LogP contribution is 2.23. The smallest absolute Gasteiger partial charge is 0.252 e. The Morgan fingerprint density at radius 2 is 2.11 bits per heavy atom. The fraction of sp³-hybridized carbons (Fsp3) is 0.429. The molecule has 1 aliphatic heterocycles. The summed E-state index contributed by atoms with van der Waals surface area (Å²) in [5.74, 6) is 1.54. The highest BCUT2D eigenvalue weighted by Gasteiger charge is 2.20. The normalized spacial score (nSPS) is 16.0. The van der Waals surface area contributed by atoms with Crippen LogP contribution in [0.2, 0.25) is 0 Å². The maximum atomic E-state index is 12.4. The first-order valence-corrected chi connectivity index (χ1v) is 9.61. The monoisotopic (exact) mass is 366 g/mol. The number of aromatic amines is 1. The zero-order valence-corrected chi connectivity index (χ0v) is 15.7. The van der Waals surface area contributed by atoms with Gasteiger partial charge in [0.05, 0.1) is 7.11 Å². The van der Waals surface area contributed by atoms with Crippen LogP contribution in [0.4, 0.5) is 0 Å². The molecule has 0 saturated carbocycles. The molecule has 0 atom stereocenters. The second-order valence-electron chi connectivity index (χ2n) is 7.35. The van der Waals surface area contributed by atoms with Gasteiger partial charge in [-0.25, -0.2) is 0 Å². The molecule has 4 rings (SSSR count). The number of likely N-dealkylation sites (tertiary alicyclic amines) is 1. The van der Waals surface area contributed by atoms with E-state index in [4.69, 9.17) is 4.74 Å². The van der Waals surface area contributed by atoms with Crippen LogP contribution >= 0.6 is 0 Å². The van der Waals surface area contributed by atoms with Crippen LogP contribution in [0, 0.1) is 5.92 Å². The van der Waals surface area contributed by atoms with Gasteiger partial charge in [0.15, 0.2) is 0 Å². The van der Waals surface area contributed by atoms with Crippen LogP contribution in [0.25, 0.3) is 10.9 Å². The highest BCUT2D eigenvalue weighted by atomic mass is 16.5. The molecule has 6 nitrogen and oxygen atoms in total. The molecule has 1 saturated heterocycles. The Hall–Kier alpha value is -2.60. The summed E-state index contributed by atoms with van der Waals surface area (Å²) in [7, 11) is 1.66. The molecule has 0 spiro atoms. The number of hydrogen-bond acceptors (Lipinski definition) is 4. The summed E-state index contributed by atoms with van der Waals surface area (Å²) in [6.45, 7) is 3.77. The number of fused-ring (bicyclic) bond motifs is 1. The first-order valence-electron chi connectivity index (χ1n) is 9.61. The van der Waals surface area contributed by atoms with Gasteiger partial charge in [-0.15, -0.1) is 0 Å². The summed E-state index contributed by atoms with van der Waals surface area (Å²) >= 11 is 0. The Bertz CT molecular complexity index is 940. The van der Waals surface area contributed by atoms with Crippen molar-refractivity contribution in [1.29, 1.82) is 0 Å². The summed E-state index contributed by atoms with van der Waals surface area (Å²) < 4.78 is 7.30. The molecule has 0 radical (unpaired) electrons. The molecule has 3 heterocycles. The van der Waals surface area contributed by atoms with Crippen molar-refractivity contribution >= 4 is 10.9 Å². The minimum atomic E-state index is 0.00784. The molecular weight excluding hydrogens is 340 g/mol. The van der Waals surface area contributed by atoms with Gasteiger partial charge in [0.1, 0.15) is 5.75 Å². The maximum absolute atomic E-state index is 12.4. The van der Waals surface area contributed by atoms with Gasteiger partial charge in [-0.1, -0.05) is 0 Å². The minimum absolute atomic E-state index is 0.00784. The molecule has 3 aromatic rings. The van der Waals surface area contributed by atoms with Crippen LogP contribution in [0.1, 0.15) is 24.8 Å². The molecule has 0 amide bonds. The average molecular weight is 366 g/mol. The number of H-pyrrole nitrogens is 1. The van der Waals surface area contributed by atoms with Crippen LogP contribution in [-0.2, 0) is 13.1 Å². The Morgan fingerprint density at radius 3 is 2.85 bits per heavy atom. The molecule has 1 fully saturated rings. The summed E-state index contributed by atoms with van der Waals surface area (Å²) in [4.78, 5) is 17.8. The van der Waals surface area contributed by atoms with E-state index in [2.05, 4.69) is 15.0 Å². The van der Waals surface area contributed by atoms with Gasteiger partial charge in [-0.05, 0) is 68.6 Å². The lowest BCUT2D eigenvalue weighted by molar-refractivity contribution is 0.168. The lowest BCUT2D eigenvalue weighted by Crippen LogP contribution is -2.35. The van der Waals surface area contributed by atoms with Crippen LogP contribution in [0.3, 0.4) is 0 Å². The quantitative estimate of drug-likeness (QED) is 0.728. The molecule has 142 valence electrons. The summed E-state index contributed by atoms with van der Waals surface area (Å²) in [6.07, 6.45) is 7.39. The van der Waals surface area contributed by atoms with Crippen molar-refractivity contribution in [2.75, 3.05) is 20.2 Å². The summed E-state index contributed by atoms with van der Waals surface area (Å²) in [6, 6.07) is 9.70. The topological polar surface area (TPSA) is 63.2 Å².